The Labute approximate surface area is 118 Å². The third-order valence-electron chi connectivity index (χ3n) is 3.52. The number of benzene rings is 1. The molecule has 1 aromatic carbocycles. The van der Waals surface area contributed by atoms with Crippen LogP contribution in [0.15, 0.2) is 18.2 Å². The first-order valence-corrected chi connectivity index (χ1v) is 7.56. The Hall–Kier alpha value is -1.20. The Morgan fingerprint density at radius 3 is 2.95 bits per heavy atom. The first kappa shape index (κ1) is 14.2. The zero-order valence-corrected chi connectivity index (χ0v) is 12.3. The molecular formula is C14H21N3OS. The number of nitrogens with zero attached hydrogens (tertiary/aromatic N) is 1. The van der Waals surface area contributed by atoms with Gasteiger partial charge in [-0.05, 0) is 36.9 Å². The van der Waals surface area contributed by atoms with Gasteiger partial charge in [0.1, 0.15) is 11.6 Å². The first-order chi connectivity index (χ1) is 9.11. The van der Waals surface area contributed by atoms with Crippen molar-refractivity contribution in [2.75, 3.05) is 25.7 Å². The molecular weight excluding hydrogens is 258 g/mol. The van der Waals surface area contributed by atoms with Crippen molar-refractivity contribution < 1.29 is 4.74 Å². The lowest BCUT2D eigenvalue weighted by atomic mass is 10.1. The van der Waals surface area contributed by atoms with Crippen molar-refractivity contribution in [1.29, 1.82) is 5.41 Å². The van der Waals surface area contributed by atoms with E-state index in [1.165, 1.54) is 23.5 Å². The van der Waals surface area contributed by atoms with Crippen LogP contribution in [0.1, 0.15) is 17.5 Å². The lowest BCUT2D eigenvalue weighted by Gasteiger charge is -2.23. The Morgan fingerprint density at radius 1 is 1.58 bits per heavy atom. The smallest absolute Gasteiger partial charge is 0.129 e. The Bertz CT molecular complexity index is 458. The molecule has 1 atom stereocenters. The molecule has 1 aliphatic heterocycles. The zero-order valence-electron chi connectivity index (χ0n) is 11.5. The van der Waals surface area contributed by atoms with Crippen molar-refractivity contribution in [3.05, 3.63) is 29.3 Å². The minimum atomic E-state index is 0.0535. The molecule has 2 rings (SSSR count). The second-order valence-corrected chi connectivity index (χ2v) is 6.03. The Morgan fingerprint density at radius 2 is 2.37 bits per heavy atom. The highest BCUT2D eigenvalue weighted by Crippen LogP contribution is 2.24. The molecule has 1 heterocycles. The van der Waals surface area contributed by atoms with Crippen LogP contribution in [-0.2, 0) is 6.54 Å². The van der Waals surface area contributed by atoms with Crippen LogP contribution in [0.5, 0.6) is 5.75 Å². The average molecular weight is 279 g/mol. The number of methoxy groups -OCH3 is 1. The zero-order chi connectivity index (χ0) is 13.8. The second kappa shape index (κ2) is 6.30. The van der Waals surface area contributed by atoms with Crippen LogP contribution in [0.4, 0.5) is 0 Å². The number of hydrogen-bond donors (Lipinski definition) is 2. The van der Waals surface area contributed by atoms with Gasteiger partial charge in [-0.25, -0.2) is 0 Å². The van der Waals surface area contributed by atoms with E-state index in [4.69, 9.17) is 15.9 Å². The molecule has 0 saturated carbocycles. The van der Waals surface area contributed by atoms with Crippen molar-refractivity contribution in [2.24, 2.45) is 5.73 Å². The molecule has 0 aliphatic carbocycles. The van der Waals surface area contributed by atoms with E-state index >= 15 is 0 Å². The third kappa shape index (κ3) is 3.42. The standard InChI is InChI=1S/C14H21N3OS/c1-17(11-5-6-19-9-11)8-10-3-4-13(18-2)12(7-10)14(15)16/h3-4,7,11H,5-6,8-9H2,1-2H3,(H3,15,16). The van der Waals surface area contributed by atoms with Gasteiger partial charge in [-0.1, -0.05) is 6.07 Å². The number of nitrogens with two attached hydrogens (primary N) is 1. The first-order valence-electron chi connectivity index (χ1n) is 6.41. The molecule has 0 spiro atoms. The summed E-state index contributed by atoms with van der Waals surface area (Å²) in [6.07, 6.45) is 1.26. The van der Waals surface area contributed by atoms with E-state index < -0.39 is 0 Å². The Balaban J connectivity index is 2.11. The molecule has 1 aromatic rings. The number of amidine groups is 1. The summed E-state index contributed by atoms with van der Waals surface area (Å²) in [6, 6.07) is 6.56. The van der Waals surface area contributed by atoms with Crippen LogP contribution in [0.25, 0.3) is 0 Å². The summed E-state index contributed by atoms with van der Waals surface area (Å²) in [5.74, 6) is 3.19. The Kier molecular flexibility index (Phi) is 4.71. The maximum absolute atomic E-state index is 7.61. The minimum absolute atomic E-state index is 0.0535. The molecule has 104 valence electrons. The molecule has 5 heteroatoms. The van der Waals surface area contributed by atoms with E-state index in [1.54, 1.807) is 7.11 Å². The largest absolute Gasteiger partial charge is 0.496 e. The summed E-state index contributed by atoms with van der Waals surface area (Å²) < 4.78 is 5.23. The third-order valence-corrected chi connectivity index (χ3v) is 4.66. The average Bonchev–Trinajstić information content (AvgIpc) is 2.92. The van der Waals surface area contributed by atoms with Gasteiger partial charge in [0.2, 0.25) is 0 Å². The summed E-state index contributed by atoms with van der Waals surface area (Å²) >= 11 is 2.02. The number of nitrogens with one attached hydrogen (secondary N) is 1. The molecule has 4 nitrogen and oxygen atoms in total. The summed E-state index contributed by atoms with van der Waals surface area (Å²) in [7, 11) is 3.76. The van der Waals surface area contributed by atoms with E-state index in [1.807, 2.05) is 30.0 Å². The highest BCUT2D eigenvalue weighted by atomic mass is 32.2. The van der Waals surface area contributed by atoms with Crippen molar-refractivity contribution >= 4 is 17.6 Å². The summed E-state index contributed by atoms with van der Waals surface area (Å²) in [5, 5.41) is 7.61. The van der Waals surface area contributed by atoms with Crippen LogP contribution in [-0.4, -0.2) is 42.4 Å². The van der Waals surface area contributed by atoms with Gasteiger partial charge in [-0.3, -0.25) is 10.3 Å². The molecule has 1 unspecified atom stereocenters. The van der Waals surface area contributed by atoms with Crippen LogP contribution in [0, 0.1) is 5.41 Å². The fourth-order valence-electron chi connectivity index (χ4n) is 2.35. The normalized spacial score (nSPS) is 18.8. The predicted octanol–water partition coefficient (Wildman–Crippen LogP) is 1.92. The number of ether oxygens (including phenoxy) is 1. The molecule has 0 radical (unpaired) electrons. The van der Waals surface area contributed by atoms with Crippen molar-refractivity contribution in [1.82, 2.24) is 4.90 Å². The van der Waals surface area contributed by atoms with Gasteiger partial charge in [0, 0.05) is 18.3 Å². The minimum Gasteiger partial charge on any atom is -0.496 e. The summed E-state index contributed by atoms with van der Waals surface area (Å²) in [6.45, 7) is 0.884. The maximum atomic E-state index is 7.61. The fourth-order valence-corrected chi connectivity index (χ4v) is 3.65. The molecule has 1 aliphatic rings. The SMILES string of the molecule is COc1ccc(CN(C)C2CCSC2)cc1C(=N)N. The summed E-state index contributed by atoms with van der Waals surface area (Å²) in [5.41, 5.74) is 7.45. The summed E-state index contributed by atoms with van der Waals surface area (Å²) in [4.78, 5) is 2.38. The number of nitrogen functional groups attached to an aromatic ring is 1. The van der Waals surface area contributed by atoms with Crippen molar-refractivity contribution in [3.63, 3.8) is 0 Å². The van der Waals surface area contributed by atoms with Gasteiger partial charge in [-0.15, -0.1) is 0 Å². The number of thioether (sulfide) groups is 1. The number of hydrogen-bond acceptors (Lipinski definition) is 4. The van der Waals surface area contributed by atoms with Crippen LogP contribution in [0.3, 0.4) is 0 Å². The second-order valence-electron chi connectivity index (χ2n) is 4.88. The van der Waals surface area contributed by atoms with E-state index in [0.717, 1.165) is 6.54 Å². The molecule has 0 bridgehead atoms. The highest BCUT2D eigenvalue weighted by Gasteiger charge is 2.20. The van der Waals surface area contributed by atoms with E-state index in [9.17, 15) is 0 Å². The van der Waals surface area contributed by atoms with Crippen LogP contribution >= 0.6 is 11.8 Å². The van der Waals surface area contributed by atoms with Gasteiger partial charge in [0.25, 0.3) is 0 Å². The van der Waals surface area contributed by atoms with Crippen molar-refractivity contribution in [2.45, 2.75) is 19.0 Å². The number of rotatable bonds is 5. The molecule has 0 amide bonds. The fraction of sp³-hybridized carbons (Fsp3) is 0.500. The van der Waals surface area contributed by atoms with Gasteiger partial charge < -0.3 is 10.5 Å². The van der Waals surface area contributed by atoms with Crippen LogP contribution in [0.2, 0.25) is 0 Å². The molecule has 0 aromatic heterocycles. The van der Waals surface area contributed by atoms with Gasteiger partial charge in [-0.2, -0.15) is 11.8 Å². The van der Waals surface area contributed by atoms with Crippen LogP contribution < -0.4 is 10.5 Å². The van der Waals surface area contributed by atoms with E-state index in [0.29, 0.717) is 17.4 Å². The predicted molar refractivity (Wildman–Crippen MR) is 81.2 cm³/mol. The van der Waals surface area contributed by atoms with Gasteiger partial charge in [0.05, 0.1) is 12.7 Å². The van der Waals surface area contributed by atoms with E-state index in [2.05, 4.69) is 11.9 Å². The molecule has 1 fully saturated rings. The van der Waals surface area contributed by atoms with Gasteiger partial charge >= 0.3 is 0 Å². The van der Waals surface area contributed by atoms with E-state index in [-0.39, 0.29) is 5.84 Å². The quantitative estimate of drug-likeness (QED) is 0.638. The van der Waals surface area contributed by atoms with Gasteiger partial charge in [0.15, 0.2) is 0 Å². The molecule has 3 N–H and O–H groups in total. The van der Waals surface area contributed by atoms with Crippen molar-refractivity contribution in [3.8, 4) is 5.75 Å². The highest BCUT2D eigenvalue weighted by molar-refractivity contribution is 7.99. The topological polar surface area (TPSA) is 62.3 Å². The molecule has 1 saturated heterocycles. The lowest BCUT2D eigenvalue weighted by molar-refractivity contribution is 0.254. The lowest BCUT2D eigenvalue weighted by Crippen LogP contribution is -2.31. The monoisotopic (exact) mass is 279 g/mol. The maximum Gasteiger partial charge on any atom is 0.129 e. The molecule has 19 heavy (non-hydrogen) atoms.